The van der Waals surface area contributed by atoms with Gasteiger partial charge in [-0.05, 0) is 62.7 Å². The predicted molar refractivity (Wildman–Crippen MR) is 121 cm³/mol. The van der Waals surface area contributed by atoms with Crippen LogP contribution in [0.3, 0.4) is 0 Å². The Morgan fingerprint density at radius 3 is 2.60 bits per heavy atom. The molecule has 0 fully saturated rings. The van der Waals surface area contributed by atoms with E-state index in [1.165, 1.54) is 0 Å². The number of hydrogen-bond acceptors (Lipinski definition) is 4. The molecule has 30 heavy (non-hydrogen) atoms. The second-order valence-corrected chi connectivity index (χ2v) is 7.69. The number of benzene rings is 2. The zero-order valence-electron chi connectivity index (χ0n) is 17.3. The van der Waals surface area contributed by atoms with Gasteiger partial charge in [0.05, 0.1) is 12.1 Å². The number of aromatic nitrogens is 3. The van der Waals surface area contributed by atoms with Gasteiger partial charge in [-0.2, -0.15) is 0 Å². The Hall–Kier alpha value is -2.94. The molecular weight excluding hydrogens is 448 g/mol. The number of anilines is 1. The van der Waals surface area contributed by atoms with Crippen molar-refractivity contribution in [2.45, 2.75) is 27.3 Å². The minimum atomic E-state index is -0.284. The lowest BCUT2D eigenvalue weighted by molar-refractivity contribution is 0.0773. The quantitative estimate of drug-likeness (QED) is 0.546. The maximum atomic E-state index is 12.5. The van der Waals surface area contributed by atoms with Crippen LogP contribution >= 0.6 is 15.9 Å². The highest BCUT2D eigenvalue weighted by Crippen LogP contribution is 2.20. The van der Waals surface area contributed by atoms with E-state index >= 15 is 0 Å². The summed E-state index contributed by atoms with van der Waals surface area (Å²) in [7, 11) is 0. The van der Waals surface area contributed by atoms with Gasteiger partial charge in [0.25, 0.3) is 5.91 Å². The Kier molecular flexibility index (Phi) is 7.04. The number of nitrogens with one attached hydrogen (secondary N) is 2. The van der Waals surface area contributed by atoms with Gasteiger partial charge < -0.3 is 15.5 Å². The van der Waals surface area contributed by atoms with Gasteiger partial charge in [0.2, 0.25) is 0 Å². The summed E-state index contributed by atoms with van der Waals surface area (Å²) in [6.45, 7) is 8.05. The molecule has 0 aliphatic heterocycles. The number of hydrogen-bond donors (Lipinski definition) is 2. The first kappa shape index (κ1) is 21.8. The van der Waals surface area contributed by atoms with Gasteiger partial charge in [-0.3, -0.25) is 4.79 Å². The van der Waals surface area contributed by atoms with Crippen LogP contribution in [0.1, 0.15) is 29.8 Å². The third-order valence-corrected chi connectivity index (χ3v) is 5.73. The number of nitrogens with zero attached hydrogens (tertiary/aromatic N) is 4. The molecule has 8 nitrogen and oxygen atoms in total. The normalized spacial score (nSPS) is 10.8. The van der Waals surface area contributed by atoms with Crippen LogP contribution in [0.2, 0.25) is 0 Å². The molecule has 0 radical (unpaired) electrons. The fraction of sp³-hybridized carbons (Fsp3) is 0.333. The second-order valence-electron chi connectivity index (χ2n) is 6.84. The minimum absolute atomic E-state index is 0.0158. The van der Waals surface area contributed by atoms with Gasteiger partial charge >= 0.3 is 6.03 Å². The van der Waals surface area contributed by atoms with Crippen LogP contribution in [0.15, 0.2) is 40.9 Å². The highest BCUT2D eigenvalue weighted by Gasteiger charge is 2.14. The van der Waals surface area contributed by atoms with Crippen molar-refractivity contribution in [1.82, 2.24) is 25.2 Å². The van der Waals surface area contributed by atoms with Crippen molar-refractivity contribution in [3.63, 3.8) is 0 Å². The third kappa shape index (κ3) is 4.96. The van der Waals surface area contributed by atoms with Gasteiger partial charge in [-0.15, -0.1) is 5.10 Å². The molecule has 1 aromatic heterocycles. The minimum Gasteiger partial charge on any atom is -0.339 e. The first-order valence-corrected chi connectivity index (χ1v) is 10.7. The molecule has 9 heteroatoms. The summed E-state index contributed by atoms with van der Waals surface area (Å²) in [6.07, 6.45) is 0. The monoisotopic (exact) mass is 472 g/mol. The van der Waals surface area contributed by atoms with E-state index in [-0.39, 0.29) is 11.9 Å². The van der Waals surface area contributed by atoms with Crippen LogP contribution in [-0.2, 0) is 6.54 Å². The molecule has 0 saturated heterocycles. The summed E-state index contributed by atoms with van der Waals surface area (Å²) >= 11 is 3.44. The number of fused-ring (bicyclic) bond motifs is 1. The van der Waals surface area contributed by atoms with Crippen molar-refractivity contribution >= 4 is 44.6 Å². The van der Waals surface area contributed by atoms with E-state index in [4.69, 9.17) is 0 Å². The van der Waals surface area contributed by atoms with E-state index in [1.54, 1.807) is 21.7 Å². The molecular formula is C21H25BrN6O2. The average molecular weight is 473 g/mol. The van der Waals surface area contributed by atoms with E-state index in [2.05, 4.69) is 36.9 Å². The van der Waals surface area contributed by atoms with Crippen LogP contribution in [0, 0.1) is 6.92 Å². The lowest BCUT2D eigenvalue weighted by atomic mass is 10.1. The molecule has 3 amide bonds. The molecule has 0 aliphatic rings. The summed E-state index contributed by atoms with van der Waals surface area (Å²) in [6, 6.07) is 10.7. The molecule has 0 unspecified atom stereocenters. The standard InChI is InChI=1S/C21H25BrN6O2/c1-4-27(5-2)20(29)15-6-9-19-18(13-15)25-26-28(19)11-10-23-21(30)24-16-7-8-17(22)14(3)12-16/h6-9,12-13H,4-5,10-11H2,1-3H3,(H2,23,24,30). The number of carbonyl (C=O) groups is 2. The summed E-state index contributed by atoms with van der Waals surface area (Å²) in [4.78, 5) is 26.4. The Bertz CT molecular complexity index is 1060. The van der Waals surface area contributed by atoms with E-state index in [9.17, 15) is 9.59 Å². The van der Waals surface area contributed by atoms with E-state index in [0.717, 1.165) is 21.2 Å². The Balaban J connectivity index is 1.59. The largest absolute Gasteiger partial charge is 0.339 e. The Morgan fingerprint density at radius 1 is 1.13 bits per heavy atom. The second kappa shape index (κ2) is 9.71. The molecule has 0 spiro atoms. The smallest absolute Gasteiger partial charge is 0.319 e. The summed E-state index contributed by atoms with van der Waals surface area (Å²) in [5.74, 6) is -0.0158. The molecule has 0 saturated carbocycles. The van der Waals surface area contributed by atoms with Crippen molar-refractivity contribution in [3.05, 3.63) is 52.0 Å². The lowest BCUT2D eigenvalue weighted by Gasteiger charge is -2.18. The van der Waals surface area contributed by atoms with Crippen LogP contribution in [-0.4, -0.2) is 51.5 Å². The fourth-order valence-corrected chi connectivity index (χ4v) is 3.38. The van der Waals surface area contributed by atoms with Crippen LogP contribution in [0.25, 0.3) is 11.0 Å². The van der Waals surface area contributed by atoms with Crippen LogP contribution in [0.4, 0.5) is 10.5 Å². The zero-order valence-corrected chi connectivity index (χ0v) is 18.9. The zero-order chi connectivity index (χ0) is 21.7. The molecule has 2 aromatic carbocycles. The van der Waals surface area contributed by atoms with Crippen LogP contribution < -0.4 is 10.6 Å². The van der Waals surface area contributed by atoms with Crippen molar-refractivity contribution in [1.29, 1.82) is 0 Å². The van der Waals surface area contributed by atoms with E-state index in [0.29, 0.717) is 37.3 Å². The molecule has 3 rings (SSSR count). The number of carbonyl (C=O) groups excluding carboxylic acids is 2. The van der Waals surface area contributed by atoms with Crippen molar-refractivity contribution in [3.8, 4) is 0 Å². The lowest BCUT2D eigenvalue weighted by Crippen LogP contribution is -2.31. The number of urea groups is 1. The molecule has 1 heterocycles. The highest BCUT2D eigenvalue weighted by molar-refractivity contribution is 9.10. The molecule has 158 valence electrons. The van der Waals surface area contributed by atoms with Crippen molar-refractivity contribution < 1.29 is 9.59 Å². The first-order valence-electron chi connectivity index (χ1n) is 9.86. The van der Waals surface area contributed by atoms with Crippen molar-refractivity contribution in [2.24, 2.45) is 0 Å². The molecule has 2 N–H and O–H groups in total. The summed E-state index contributed by atoms with van der Waals surface area (Å²) < 4.78 is 2.71. The first-order chi connectivity index (χ1) is 14.4. The van der Waals surface area contributed by atoms with E-state index in [1.807, 2.05) is 45.0 Å². The van der Waals surface area contributed by atoms with Crippen molar-refractivity contribution in [2.75, 3.05) is 25.0 Å². The predicted octanol–water partition coefficient (Wildman–Crippen LogP) is 3.81. The number of aryl methyl sites for hydroxylation is 1. The highest BCUT2D eigenvalue weighted by atomic mass is 79.9. The number of amides is 3. The average Bonchev–Trinajstić information content (AvgIpc) is 3.14. The van der Waals surface area contributed by atoms with Gasteiger partial charge in [0.15, 0.2) is 0 Å². The van der Waals surface area contributed by atoms with Gasteiger partial charge in [-0.1, -0.05) is 21.1 Å². The van der Waals surface area contributed by atoms with Gasteiger partial charge in [0.1, 0.15) is 5.52 Å². The Labute approximate surface area is 183 Å². The SMILES string of the molecule is CCN(CC)C(=O)c1ccc2c(c1)nnn2CCNC(=O)Nc1ccc(Br)c(C)c1. The fourth-order valence-electron chi connectivity index (χ4n) is 3.14. The molecule has 0 atom stereocenters. The maximum Gasteiger partial charge on any atom is 0.319 e. The number of halogens is 1. The molecule has 3 aromatic rings. The maximum absolute atomic E-state index is 12.5. The van der Waals surface area contributed by atoms with Gasteiger partial charge in [-0.25, -0.2) is 9.48 Å². The Morgan fingerprint density at radius 2 is 1.90 bits per heavy atom. The third-order valence-electron chi connectivity index (χ3n) is 4.84. The summed E-state index contributed by atoms with van der Waals surface area (Å²) in [5.41, 5.74) is 3.84. The molecule has 0 bridgehead atoms. The number of rotatable bonds is 7. The molecule has 0 aliphatic carbocycles. The summed E-state index contributed by atoms with van der Waals surface area (Å²) in [5, 5.41) is 13.9. The van der Waals surface area contributed by atoms with Crippen LogP contribution in [0.5, 0.6) is 0 Å². The van der Waals surface area contributed by atoms with Gasteiger partial charge in [0, 0.05) is 35.4 Å². The van der Waals surface area contributed by atoms with E-state index < -0.39 is 0 Å². The topological polar surface area (TPSA) is 92.2 Å².